The maximum atomic E-state index is 5.43. The van der Waals surface area contributed by atoms with Crippen LogP contribution in [0.15, 0.2) is 4.99 Å². The zero-order valence-corrected chi connectivity index (χ0v) is 16.6. The molecule has 1 heterocycles. The number of likely N-dealkylation sites (N-methyl/N-ethyl adjacent to an activating group) is 1. The third kappa shape index (κ3) is 7.50. The largest absolute Gasteiger partial charge is 0.379 e. The maximum Gasteiger partial charge on any atom is 0.191 e. The van der Waals surface area contributed by atoms with Gasteiger partial charge in [-0.15, -0.1) is 0 Å². The standard InChI is InChI=1S/C19H39N5O/c1-4-20-19(22-16-17(2)24-12-14-25-15-13-24)21-10-11-23(3)18-8-6-5-7-9-18/h17-18H,4-16H2,1-3H3,(H2,20,21,22). The summed E-state index contributed by atoms with van der Waals surface area (Å²) in [5.41, 5.74) is 0. The zero-order chi connectivity index (χ0) is 17.9. The van der Waals surface area contributed by atoms with Gasteiger partial charge in [-0.1, -0.05) is 19.3 Å². The summed E-state index contributed by atoms with van der Waals surface area (Å²) in [6.45, 7) is 11.9. The molecule has 0 radical (unpaired) electrons. The van der Waals surface area contributed by atoms with Gasteiger partial charge in [-0.2, -0.15) is 0 Å². The molecule has 1 aliphatic heterocycles. The van der Waals surface area contributed by atoms with Crippen LogP contribution in [0.1, 0.15) is 46.0 Å². The van der Waals surface area contributed by atoms with Crippen molar-refractivity contribution in [3.05, 3.63) is 0 Å². The summed E-state index contributed by atoms with van der Waals surface area (Å²) in [5, 5.41) is 6.87. The topological polar surface area (TPSA) is 52.1 Å². The number of guanidine groups is 1. The molecule has 2 rings (SSSR count). The van der Waals surface area contributed by atoms with Gasteiger partial charge in [-0.05, 0) is 33.7 Å². The van der Waals surface area contributed by atoms with Crippen molar-refractivity contribution in [2.75, 3.05) is 59.5 Å². The lowest BCUT2D eigenvalue weighted by atomic mass is 9.94. The number of rotatable bonds is 8. The Kier molecular flexibility index (Phi) is 9.58. The molecule has 0 amide bonds. The molecule has 6 heteroatoms. The first-order valence-electron chi connectivity index (χ1n) is 10.2. The Morgan fingerprint density at radius 3 is 2.60 bits per heavy atom. The molecule has 1 aliphatic carbocycles. The Bertz CT molecular complexity index is 378. The summed E-state index contributed by atoms with van der Waals surface area (Å²) in [6, 6.07) is 1.24. The van der Waals surface area contributed by atoms with Crippen molar-refractivity contribution in [2.24, 2.45) is 4.99 Å². The molecule has 1 saturated carbocycles. The van der Waals surface area contributed by atoms with Crippen molar-refractivity contribution in [3.63, 3.8) is 0 Å². The molecular weight excluding hydrogens is 314 g/mol. The average molecular weight is 354 g/mol. The second kappa shape index (κ2) is 11.7. The van der Waals surface area contributed by atoms with Crippen molar-refractivity contribution in [1.29, 1.82) is 0 Å². The van der Waals surface area contributed by atoms with Gasteiger partial charge >= 0.3 is 0 Å². The van der Waals surface area contributed by atoms with Crippen LogP contribution in [-0.2, 0) is 4.74 Å². The molecule has 0 spiro atoms. The van der Waals surface area contributed by atoms with E-state index in [0.717, 1.165) is 64.5 Å². The third-order valence-corrected chi connectivity index (χ3v) is 5.48. The highest BCUT2D eigenvalue weighted by atomic mass is 16.5. The van der Waals surface area contributed by atoms with Gasteiger partial charge in [0.25, 0.3) is 0 Å². The van der Waals surface area contributed by atoms with Gasteiger partial charge in [0.2, 0.25) is 0 Å². The molecule has 0 aromatic heterocycles. The SMILES string of the molecule is CCNC(=NCC(C)N1CCOCC1)NCCN(C)C1CCCCC1. The first-order chi connectivity index (χ1) is 12.2. The second-order valence-electron chi connectivity index (χ2n) is 7.42. The van der Waals surface area contributed by atoms with Crippen LogP contribution in [0.4, 0.5) is 0 Å². The number of hydrogen-bond donors (Lipinski definition) is 2. The molecule has 2 aliphatic rings. The predicted octanol–water partition coefficient (Wildman–Crippen LogP) is 1.53. The van der Waals surface area contributed by atoms with E-state index in [4.69, 9.17) is 9.73 Å². The molecule has 1 unspecified atom stereocenters. The van der Waals surface area contributed by atoms with E-state index in [-0.39, 0.29) is 0 Å². The highest BCUT2D eigenvalue weighted by molar-refractivity contribution is 5.79. The third-order valence-electron chi connectivity index (χ3n) is 5.48. The van der Waals surface area contributed by atoms with Gasteiger partial charge in [0.05, 0.1) is 19.8 Å². The summed E-state index contributed by atoms with van der Waals surface area (Å²) in [6.07, 6.45) is 6.93. The van der Waals surface area contributed by atoms with Gasteiger partial charge in [0.1, 0.15) is 0 Å². The van der Waals surface area contributed by atoms with Gasteiger partial charge in [-0.25, -0.2) is 0 Å². The van der Waals surface area contributed by atoms with Crippen molar-refractivity contribution >= 4 is 5.96 Å². The summed E-state index contributed by atoms with van der Waals surface area (Å²) < 4.78 is 5.43. The predicted molar refractivity (Wildman–Crippen MR) is 105 cm³/mol. The van der Waals surface area contributed by atoms with E-state index in [1.807, 2.05) is 0 Å². The van der Waals surface area contributed by atoms with Crippen molar-refractivity contribution < 1.29 is 4.74 Å². The lowest BCUT2D eigenvalue weighted by Gasteiger charge is -2.32. The molecular formula is C19H39N5O. The van der Waals surface area contributed by atoms with Crippen molar-refractivity contribution in [1.82, 2.24) is 20.4 Å². The molecule has 2 fully saturated rings. The average Bonchev–Trinajstić information content (AvgIpc) is 2.67. The van der Waals surface area contributed by atoms with Crippen molar-refractivity contribution in [3.8, 4) is 0 Å². The van der Waals surface area contributed by atoms with E-state index in [1.165, 1.54) is 32.1 Å². The molecule has 0 bridgehead atoms. The Balaban J connectivity index is 1.71. The number of ether oxygens (including phenoxy) is 1. The lowest BCUT2D eigenvalue weighted by molar-refractivity contribution is 0.0220. The van der Waals surface area contributed by atoms with E-state index in [0.29, 0.717) is 6.04 Å². The van der Waals surface area contributed by atoms with E-state index < -0.39 is 0 Å². The number of nitrogens with one attached hydrogen (secondary N) is 2. The molecule has 0 aromatic carbocycles. The summed E-state index contributed by atoms with van der Waals surface area (Å²) in [4.78, 5) is 9.78. The van der Waals surface area contributed by atoms with Crippen LogP contribution in [0.3, 0.4) is 0 Å². The monoisotopic (exact) mass is 353 g/mol. The van der Waals surface area contributed by atoms with Crippen LogP contribution in [0.2, 0.25) is 0 Å². The van der Waals surface area contributed by atoms with Crippen LogP contribution in [0, 0.1) is 0 Å². The Morgan fingerprint density at radius 2 is 1.92 bits per heavy atom. The first kappa shape index (κ1) is 20.5. The van der Waals surface area contributed by atoms with Crippen molar-refractivity contribution in [2.45, 2.75) is 58.0 Å². The highest BCUT2D eigenvalue weighted by Gasteiger charge is 2.18. The molecule has 146 valence electrons. The molecule has 6 nitrogen and oxygen atoms in total. The van der Waals surface area contributed by atoms with Crippen LogP contribution in [0.25, 0.3) is 0 Å². The minimum absolute atomic E-state index is 0.462. The number of hydrogen-bond acceptors (Lipinski definition) is 4. The van der Waals surface area contributed by atoms with Crippen LogP contribution >= 0.6 is 0 Å². The van der Waals surface area contributed by atoms with Crippen LogP contribution in [-0.4, -0.2) is 87.4 Å². The fraction of sp³-hybridized carbons (Fsp3) is 0.947. The quantitative estimate of drug-likeness (QED) is 0.512. The fourth-order valence-electron chi connectivity index (χ4n) is 3.75. The Morgan fingerprint density at radius 1 is 1.20 bits per heavy atom. The Hall–Kier alpha value is -0.850. The molecule has 1 atom stereocenters. The summed E-state index contributed by atoms with van der Waals surface area (Å²) >= 11 is 0. The van der Waals surface area contributed by atoms with E-state index in [9.17, 15) is 0 Å². The zero-order valence-electron chi connectivity index (χ0n) is 16.6. The molecule has 1 saturated heterocycles. The fourth-order valence-corrected chi connectivity index (χ4v) is 3.75. The number of nitrogens with zero attached hydrogens (tertiary/aromatic N) is 3. The number of aliphatic imine (C=N–C) groups is 1. The number of morpholine rings is 1. The molecule has 0 aromatic rings. The second-order valence-corrected chi connectivity index (χ2v) is 7.42. The highest BCUT2D eigenvalue weighted by Crippen LogP contribution is 2.21. The lowest BCUT2D eigenvalue weighted by Crippen LogP contribution is -2.45. The van der Waals surface area contributed by atoms with Gasteiger partial charge in [-0.3, -0.25) is 9.89 Å². The smallest absolute Gasteiger partial charge is 0.191 e. The minimum Gasteiger partial charge on any atom is -0.379 e. The van der Waals surface area contributed by atoms with Gasteiger partial charge < -0.3 is 20.3 Å². The van der Waals surface area contributed by atoms with Crippen LogP contribution < -0.4 is 10.6 Å². The Labute approximate surface area is 154 Å². The van der Waals surface area contributed by atoms with Gasteiger partial charge in [0, 0.05) is 44.8 Å². The first-order valence-corrected chi connectivity index (χ1v) is 10.2. The maximum absolute atomic E-state index is 5.43. The summed E-state index contributed by atoms with van der Waals surface area (Å²) in [5.74, 6) is 0.944. The minimum atomic E-state index is 0.462. The normalized spacial score (nSPS) is 22.2. The molecule has 2 N–H and O–H groups in total. The summed E-state index contributed by atoms with van der Waals surface area (Å²) in [7, 11) is 2.27. The van der Waals surface area contributed by atoms with Crippen LogP contribution in [0.5, 0.6) is 0 Å². The van der Waals surface area contributed by atoms with E-state index in [1.54, 1.807) is 0 Å². The van der Waals surface area contributed by atoms with Gasteiger partial charge in [0.15, 0.2) is 5.96 Å². The van der Waals surface area contributed by atoms with E-state index >= 15 is 0 Å². The molecule has 25 heavy (non-hydrogen) atoms. The van der Waals surface area contributed by atoms with E-state index in [2.05, 4.69) is 41.3 Å².